The number of hydrogen-bond donors (Lipinski definition) is 2. The van der Waals surface area contributed by atoms with E-state index in [4.69, 9.17) is 4.74 Å². The number of amides is 1. The second-order valence-electron chi connectivity index (χ2n) is 3.81. The summed E-state index contributed by atoms with van der Waals surface area (Å²) in [4.78, 5) is 15.6. The minimum atomic E-state index is -0.427. The van der Waals surface area contributed by atoms with Crippen molar-refractivity contribution in [3.8, 4) is 11.5 Å². The number of phenols is 1. The van der Waals surface area contributed by atoms with E-state index in [-0.39, 0.29) is 11.4 Å². The van der Waals surface area contributed by atoms with Crippen molar-refractivity contribution in [1.29, 1.82) is 0 Å². The lowest BCUT2D eigenvalue weighted by atomic mass is 10.2. The van der Waals surface area contributed by atoms with Gasteiger partial charge in [0, 0.05) is 11.8 Å². The van der Waals surface area contributed by atoms with Gasteiger partial charge in [0.15, 0.2) is 11.5 Å². The Morgan fingerprint density at radius 2 is 2.20 bits per heavy atom. The maximum Gasteiger partial charge on any atom is 0.289 e. The molecule has 2 N–H and O–H groups in total. The smallest absolute Gasteiger partial charge is 0.289 e. The molecule has 0 aliphatic rings. The molecule has 0 aliphatic heterocycles. The number of aromatic hydroxyl groups is 1. The lowest BCUT2D eigenvalue weighted by Gasteiger charge is -2.04. The molecule has 0 saturated carbocycles. The van der Waals surface area contributed by atoms with Gasteiger partial charge in [-0.3, -0.25) is 9.78 Å². The van der Waals surface area contributed by atoms with Gasteiger partial charge in [0.25, 0.3) is 5.91 Å². The lowest BCUT2D eigenvalue weighted by Crippen LogP contribution is -2.18. The Hall–Kier alpha value is -2.89. The summed E-state index contributed by atoms with van der Waals surface area (Å²) in [5, 5.41) is 13.6. The van der Waals surface area contributed by atoms with E-state index >= 15 is 0 Å². The number of carbonyl (C=O) groups excluding carboxylic acids is 1. The molecule has 6 nitrogen and oxygen atoms in total. The third kappa shape index (κ3) is 3.11. The van der Waals surface area contributed by atoms with Crippen molar-refractivity contribution in [1.82, 2.24) is 10.4 Å². The molecule has 0 spiro atoms. The van der Waals surface area contributed by atoms with Crippen molar-refractivity contribution in [2.45, 2.75) is 0 Å². The number of pyridine rings is 1. The number of phenolic OH excluding ortho intramolecular Hbond substituents is 1. The van der Waals surface area contributed by atoms with E-state index in [9.17, 15) is 9.90 Å². The van der Waals surface area contributed by atoms with Crippen LogP contribution in [-0.4, -0.2) is 29.3 Å². The van der Waals surface area contributed by atoms with Crippen LogP contribution in [0.15, 0.2) is 47.7 Å². The van der Waals surface area contributed by atoms with Crippen LogP contribution in [0.1, 0.15) is 16.1 Å². The van der Waals surface area contributed by atoms with Gasteiger partial charge < -0.3 is 9.84 Å². The van der Waals surface area contributed by atoms with Gasteiger partial charge in [-0.15, -0.1) is 0 Å². The summed E-state index contributed by atoms with van der Waals surface area (Å²) in [5.41, 5.74) is 3.03. The zero-order valence-electron chi connectivity index (χ0n) is 10.8. The van der Waals surface area contributed by atoms with Crippen LogP contribution in [0.4, 0.5) is 0 Å². The van der Waals surface area contributed by atoms with Crippen molar-refractivity contribution in [2.75, 3.05) is 7.11 Å². The first-order chi connectivity index (χ1) is 9.72. The fourth-order valence-electron chi connectivity index (χ4n) is 1.52. The number of nitrogens with zero attached hydrogens (tertiary/aromatic N) is 2. The monoisotopic (exact) mass is 271 g/mol. The van der Waals surface area contributed by atoms with Crippen LogP contribution < -0.4 is 10.2 Å². The molecule has 0 bridgehead atoms. The second kappa shape index (κ2) is 6.33. The number of ether oxygens (including phenoxy) is 1. The molecule has 0 unspecified atom stereocenters. The molecular formula is C14H13N3O3. The van der Waals surface area contributed by atoms with Crippen LogP contribution >= 0.6 is 0 Å². The first kappa shape index (κ1) is 13.5. The summed E-state index contributed by atoms with van der Waals surface area (Å²) < 4.78 is 4.97. The van der Waals surface area contributed by atoms with Gasteiger partial charge in [0.2, 0.25) is 0 Å². The van der Waals surface area contributed by atoms with E-state index in [1.807, 2.05) is 0 Å². The SMILES string of the molecule is COc1cccc(C=NNC(=O)c2ccccn2)c1O. The van der Waals surface area contributed by atoms with Crippen molar-refractivity contribution in [2.24, 2.45) is 5.10 Å². The highest BCUT2D eigenvalue weighted by molar-refractivity contribution is 5.93. The summed E-state index contributed by atoms with van der Waals surface area (Å²) in [7, 11) is 1.46. The summed E-state index contributed by atoms with van der Waals surface area (Å²) in [6.07, 6.45) is 2.85. The molecular weight excluding hydrogens is 258 g/mol. The molecule has 0 saturated heterocycles. The molecule has 2 aromatic rings. The van der Waals surface area contributed by atoms with Gasteiger partial charge in [-0.2, -0.15) is 5.10 Å². The standard InChI is InChI=1S/C14H13N3O3/c1-20-12-7-4-5-10(13(12)18)9-16-17-14(19)11-6-2-3-8-15-11/h2-9,18H,1H3,(H,17,19). The molecule has 0 radical (unpaired) electrons. The number of rotatable bonds is 4. The van der Waals surface area contributed by atoms with Crippen LogP contribution in [0.2, 0.25) is 0 Å². The number of hydrogen-bond acceptors (Lipinski definition) is 5. The van der Waals surface area contributed by atoms with Crippen LogP contribution in [0.5, 0.6) is 11.5 Å². The Balaban J connectivity index is 2.06. The van der Waals surface area contributed by atoms with E-state index in [0.29, 0.717) is 11.3 Å². The minimum Gasteiger partial charge on any atom is -0.504 e. The molecule has 0 atom stereocenters. The number of benzene rings is 1. The fraction of sp³-hybridized carbons (Fsp3) is 0.0714. The van der Waals surface area contributed by atoms with Crippen molar-refractivity contribution < 1.29 is 14.6 Å². The zero-order valence-corrected chi connectivity index (χ0v) is 10.8. The lowest BCUT2D eigenvalue weighted by molar-refractivity contribution is 0.0950. The molecule has 1 aromatic heterocycles. The number of para-hydroxylation sites is 1. The largest absolute Gasteiger partial charge is 0.504 e. The highest BCUT2D eigenvalue weighted by Gasteiger charge is 2.06. The van der Waals surface area contributed by atoms with E-state index in [2.05, 4.69) is 15.5 Å². The van der Waals surface area contributed by atoms with Gasteiger partial charge in [0.05, 0.1) is 13.3 Å². The third-order valence-electron chi connectivity index (χ3n) is 2.52. The summed E-state index contributed by atoms with van der Waals surface area (Å²) in [6, 6.07) is 9.98. The highest BCUT2D eigenvalue weighted by atomic mass is 16.5. The van der Waals surface area contributed by atoms with Crippen molar-refractivity contribution in [3.05, 3.63) is 53.9 Å². The van der Waals surface area contributed by atoms with Gasteiger partial charge in [-0.05, 0) is 24.3 Å². The normalized spacial score (nSPS) is 10.4. The van der Waals surface area contributed by atoms with Crippen LogP contribution in [0.3, 0.4) is 0 Å². The van der Waals surface area contributed by atoms with Gasteiger partial charge in [-0.1, -0.05) is 12.1 Å². The molecule has 0 fully saturated rings. The Labute approximate surface area is 115 Å². The van der Waals surface area contributed by atoms with Crippen LogP contribution in [0.25, 0.3) is 0 Å². The quantitative estimate of drug-likeness (QED) is 0.653. The average Bonchev–Trinajstić information content (AvgIpc) is 2.49. The Morgan fingerprint density at radius 1 is 1.35 bits per heavy atom. The van der Waals surface area contributed by atoms with Crippen LogP contribution in [-0.2, 0) is 0 Å². The molecule has 20 heavy (non-hydrogen) atoms. The third-order valence-corrected chi connectivity index (χ3v) is 2.52. The Bertz CT molecular complexity index is 627. The predicted octanol–water partition coefficient (Wildman–Crippen LogP) is 1.56. The number of aromatic nitrogens is 1. The molecule has 6 heteroatoms. The average molecular weight is 271 g/mol. The molecule has 1 aromatic carbocycles. The fourth-order valence-corrected chi connectivity index (χ4v) is 1.52. The van der Waals surface area contributed by atoms with E-state index in [0.717, 1.165) is 0 Å². The first-order valence-electron chi connectivity index (χ1n) is 5.83. The maximum absolute atomic E-state index is 11.7. The topological polar surface area (TPSA) is 83.8 Å². The predicted molar refractivity (Wildman–Crippen MR) is 74.0 cm³/mol. The highest BCUT2D eigenvalue weighted by Crippen LogP contribution is 2.27. The summed E-state index contributed by atoms with van der Waals surface area (Å²) in [5.74, 6) is -0.125. The van der Waals surface area contributed by atoms with Crippen molar-refractivity contribution in [3.63, 3.8) is 0 Å². The van der Waals surface area contributed by atoms with E-state index in [1.165, 1.54) is 19.5 Å². The molecule has 1 heterocycles. The van der Waals surface area contributed by atoms with Gasteiger partial charge >= 0.3 is 0 Å². The van der Waals surface area contributed by atoms with E-state index < -0.39 is 5.91 Å². The van der Waals surface area contributed by atoms with Gasteiger partial charge in [-0.25, -0.2) is 5.43 Å². The summed E-state index contributed by atoms with van der Waals surface area (Å²) >= 11 is 0. The Kier molecular flexibility index (Phi) is 4.28. The molecule has 1 amide bonds. The molecule has 0 aliphatic carbocycles. The second-order valence-corrected chi connectivity index (χ2v) is 3.81. The first-order valence-corrected chi connectivity index (χ1v) is 5.83. The number of nitrogens with one attached hydrogen (secondary N) is 1. The minimum absolute atomic E-state index is 0.0363. The number of hydrazone groups is 1. The Morgan fingerprint density at radius 3 is 2.90 bits per heavy atom. The molecule has 102 valence electrons. The van der Waals surface area contributed by atoms with Gasteiger partial charge in [0.1, 0.15) is 5.69 Å². The summed E-state index contributed by atoms with van der Waals surface area (Å²) in [6.45, 7) is 0. The number of methoxy groups -OCH3 is 1. The maximum atomic E-state index is 11.7. The number of carbonyl (C=O) groups is 1. The molecule has 2 rings (SSSR count). The van der Waals surface area contributed by atoms with E-state index in [1.54, 1.807) is 36.4 Å². The van der Waals surface area contributed by atoms with Crippen LogP contribution in [0, 0.1) is 0 Å². The van der Waals surface area contributed by atoms with Crippen molar-refractivity contribution >= 4 is 12.1 Å². The zero-order chi connectivity index (χ0) is 14.4.